The Balaban J connectivity index is 1.71. The van der Waals surface area contributed by atoms with Crippen molar-refractivity contribution in [2.24, 2.45) is 11.3 Å². The minimum atomic E-state index is -0.893. The average molecular weight is 547 g/mol. The van der Waals surface area contributed by atoms with Crippen molar-refractivity contribution in [2.45, 2.75) is 82.8 Å². The van der Waals surface area contributed by atoms with Crippen molar-refractivity contribution >= 4 is 40.7 Å². The van der Waals surface area contributed by atoms with E-state index in [-0.39, 0.29) is 40.8 Å². The highest BCUT2D eigenvalue weighted by Gasteiger charge is 2.61. The van der Waals surface area contributed by atoms with Crippen LogP contribution in [0.2, 0.25) is 10.0 Å². The van der Waals surface area contributed by atoms with Crippen molar-refractivity contribution < 1.29 is 14.0 Å². The van der Waals surface area contributed by atoms with Gasteiger partial charge in [-0.25, -0.2) is 4.39 Å². The molecule has 2 amide bonds. The number of amides is 2. The third-order valence-corrected chi connectivity index (χ3v) is 8.73. The second-order valence-corrected chi connectivity index (χ2v) is 13.2. The van der Waals surface area contributed by atoms with E-state index in [9.17, 15) is 9.59 Å². The van der Waals surface area contributed by atoms with Crippen molar-refractivity contribution in [3.63, 3.8) is 0 Å². The lowest BCUT2D eigenvalue weighted by atomic mass is 9.59. The summed E-state index contributed by atoms with van der Waals surface area (Å²) in [5, 5.41) is 10.3. The predicted octanol–water partition coefficient (Wildman–Crippen LogP) is 6.19. The Morgan fingerprint density at radius 1 is 1.19 bits per heavy atom. The number of carbonyl (C=O) groups excluding carboxylic acids is 2. The maximum absolute atomic E-state index is 15.1. The fourth-order valence-corrected chi connectivity index (χ4v) is 7.10. The molecule has 4 unspecified atom stereocenters. The number of anilines is 1. The topological polar surface area (TPSA) is 70.2 Å². The molecular weight excluding hydrogens is 512 g/mol. The third-order valence-electron chi connectivity index (χ3n) is 8.21. The number of benzene rings is 2. The van der Waals surface area contributed by atoms with Crippen LogP contribution < -0.4 is 16.0 Å². The number of fused-ring (bicyclic) bond motifs is 2. The zero-order chi connectivity index (χ0) is 26.7. The Kier molecular flexibility index (Phi) is 6.83. The van der Waals surface area contributed by atoms with E-state index in [1.807, 2.05) is 18.2 Å². The van der Waals surface area contributed by atoms with E-state index in [0.717, 1.165) is 18.4 Å². The summed E-state index contributed by atoms with van der Waals surface area (Å²) in [4.78, 5) is 27.2. The summed E-state index contributed by atoms with van der Waals surface area (Å²) in [6, 6.07) is 9.62. The van der Waals surface area contributed by atoms with Crippen molar-refractivity contribution in [1.82, 2.24) is 10.6 Å². The molecule has 5 rings (SSSR count). The zero-order valence-corrected chi connectivity index (χ0v) is 23.1. The Morgan fingerprint density at radius 3 is 2.57 bits per heavy atom. The molecule has 4 atom stereocenters. The van der Waals surface area contributed by atoms with Crippen LogP contribution in [0.15, 0.2) is 36.4 Å². The first-order chi connectivity index (χ1) is 17.4. The Labute approximate surface area is 227 Å². The predicted molar refractivity (Wildman–Crippen MR) is 146 cm³/mol. The monoisotopic (exact) mass is 545 g/mol. The van der Waals surface area contributed by atoms with Gasteiger partial charge in [-0.3, -0.25) is 9.59 Å². The van der Waals surface area contributed by atoms with E-state index < -0.39 is 23.2 Å². The van der Waals surface area contributed by atoms with Crippen LogP contribution >= 0.6 is 23.2 Å². The molecule has 8 heteroatoms. The van der Waals surface area contributed by atoms with Crippen LogP contribution in [0.25, 0.3) is 0 Å². The molecule has 1 spiro atoms. The van der Waals surface area contributed by atoms with E-state index in [4.69, 9.17) is 23.2 Å². The highest BCUT2D eigenvalue weighted by Crippen LogP contribution is 2.57. The Bertz CT molecular complexity index is 1240. The average Bonchev–Trinajstić information content (AvgIpc) is 3.06. The molecule has 0 aromatic heterocycles. The van der Waals surface area contributed by atoms with Crippen molar-refractivity contribution in [3.8, 4) is 0 Å². The van der Waals surface area contributed by atoms with Crippen LogP contribution in [0.5, 0.6) is 0 Å². The number of nitrogens with one attached hydrogen (secondary N) is 3. The van der Waals surface area contributed by atoms with Crippen LogP contribution in [-0.2, 0) is 15.0 Å². The van der Waals surface area contributed by atoms with Gasteiger partial charge < -0.3 is 16.0 Å². The van der Waals surface area contributed by atoms with Gasteiger partial charge in [0.15, 0.2) is 0 Å². The summed E-state index contributed by atoms with van der Waals surface area (Å²) in [7, 11) is 0. The van der Waals surface area contributed by atoms with Gasteiger partial charge in [-0.1, -0.05) is 63.0 Å². The van der Waals surface area contributed by atoms with Gasteiger partial charge in [0.2, 0.25) is 11.8 Å². The van der Waals surface area contributed by atoms with E-state index in [1.165, 1.54) is 12.1 Å². The first-order valence-corrected chi connectivity index (χ1v) is 13.7. The molecule has 3 aliphatic rings. The van der Waals surface area contributed by atoms with E-state index in [1.54, 1.807) is 6.07 Å². The Hall–Kier alpha value is -2.15. The van der Waals surface area contributed by atoms with Gasteiger partial charge in [-0.2, -0.15) is 0 Å². The molecule has 1 saturated carbocycles. The molecule has 5 nitrogen and oxygen atoms in total. The molecule has 1 saturated heterocycles. The van der Waals surface area contributed by atoms with Gasteiger partial charge in [-0.15, -0.1) is 0 Å². The molecule has 1 aliphatic carbocycles. The molecule has 0 radical (unpaired) electrons. The van der Waals surface area contributed by atoms with E-state index in [2.05, 4.69) is 43.6 Å². The smallest absolute Gasteiger partial charge is 0.238 e. The molecule has 2 heterocycles. The van der Waals surface area contributed by atoms with Gasteiger partial charge >= 0.3 is 0 Å². The molecule has 198 valence electrons. The number of halogens is 3. The van der Waals surface area contributed by atoms with Gasteiger partial charge in [0.1, 0.15) is 5.82 Å². The molecule has 2 aromatic carbocycles. The van der Waals surface area contributed by atoms with Crippen LogP contribution in [0.4, 0.5) is 10.1 Å². The highest BCUT2D eigenvalue weighted by atomic mass is 35.5. The van der Waals surface area contributed by atoms with Gasteiger partial charge in [-0.05, 0) is 66.0 Å². The van der Waals surface area contributed by atoms with Crippen molar-refractivity contribution in [1.29, 1.82) is 0 Å². The van der Waals surface area contributed by atoms with Gasteiger partial charge in [0, 0.05) is 40.5 Å². The standard InChI is InChI=1S/C29H34Cl2FN3O2/c1-15-8-18(9-15)33-27(37)26-25(16-6-5-7-17(30)10-16)29(23(35-26)13-28(2,3)4)14-24(36)34-22-12-20(31)21(32)11-19(22)29/h5-7,10-12,15,18,23,25-26,35H,8-9,13-14H2,1-4H3,(H,33,37)(H,34,36). The number of hydrogen-bond donors (Lipinski definition) is 3. The van der Waals surface area contributed by atoms with Crippen LogP contribution in [0.1, 0.15) is 70.4 Å². The molecule has 2 fully saturated rings. The summed E-state index contributed by atoms with van der Waals surface area (Å²) in [5.74, 6) is -0.698. The highest BCUT2D eigenvalue weighted by molar-refractivity contribution is 6.31. The summed E-state index contributed by atoms with van der Waals surface area (Å²) in [6.07, 6.45) is 2.68. The fraction of sp³-hybridized carbons (Fsp3) is 0.517. The SMILES string of the molecule is CC1CC(NC(=O)C2NC(CC(C)(C)C)C3(CC(=O)Nc4cc(Cl)c(F)cc43)C2c2cccc(Cl)c2)C1. The molecule has 2 aliphatic heterocycles. The lowest BCUT2D eigenvalue weighted by Crippen LogP contribution is -2.51. The summed E-state index contributed by atoms with van der Waals surface area (Å²) in [6.45, 7) is 8.57. The number of hydrogen-bond acceptors (Lipinski definition) is 3. The van der Waals surface area contributed by atoms with Crippen LogP contribution in [0.3, 0.4) is 0 Å². The maximum Gasteiger partial charge on any atom is 0.238 e. The minimum Gasteiger partial charge on any atom is -0.352 e. The lowest BCUT2D eigenvalue weighted by Gasteiger charge is -2.45. The van der Waals surface area contributed by atoms with Gasteiger partial charge in [0.25, 0.3) is 0 Å². The molecule has 2 aromatic rings. The summed E-state index contributed by atoms with van der Waals surface area (Å²) in [5.41, 5.74) is 0.972. The first-order valence-electron chi connectivity index (χ1n) is 13.0. The number of carbonyl (C=O) groups is 2. The zero-order valence-electron chi connectivity index (χ0n) is 21.6. The Morgan fingerprint density at radius 2 is 1.92 bits per heavy atom. The fourth-order valence-electron chi connectivity index (χ4n) is 6.74. The van der Waals surface area contributed by atoms with Crippen molar-refractivity contribution in [3.05, 3.63) is 63.4 Å². The first kappa shape index (κ1) is 26.5. The molecule has 37 heavy (non-hydrogen) atoms. The van der Waals surface area contributed by atoms with Gasteiger partial charge in [0.05, 0.1) is 11.1 Å². The second kappa shape index (κ2) is 9.55. The summed E-state index contributed by atoms with van der Waals surface area (Å²) >= 11 is 12.6. The maximum atomic E-state index is 15.1. The third kappa shape index (κ3) is 4.88. The largest absolute Gasteiger partial charge is 0.352 e. The number of rotatable bonds is 4. The van der Waals surface area contributed by atoms with Crippen molar-refractivity contribution in [2.75, 3.05) is 5.32 Å². The molecular formula is C29H34Cl2FN3O2. The second-order valence-electron chi connectivity index (χ2n) is 12.4. The summed E-state index contributed by atoms with van der Waals surface area (Å²) < 4.78 is 15.1. The lowest BCUT2D eigenvalue weighted by molar-refractivity contribution is -0.125. The quantitative estimate of drug-likeness (QED) is 0.429. The molecule has 0 bridgehead atoms. The minimum absolute atomic E-state index is 0.0536. The van der Waals surface area contributed by atoms with E-state index >= 15 is 4.39 Å². The van der Waals surface area contributed by atoms with Crippen LogP contribution in [0, 0.1) is 17.2 Å². The normalized spacial score (nSPS) is 31.0. The van der Waals surface area contributed by atoms with E-state index in [0.29, 0.717) is 28.6 Å². The molecule has 3 N–H and O–H groups in total. The van der Waals surface area contributed by atoms with Crippen LogP contribution in [-0.4, -0.2) is 29.9 Å².